The monoisotopic (exact) mass is 473 g/mol. The van der Waals surface area contributed by atoms with Crippen molar-refractivity contribution in [3.8, 4) is 23.2 Å². The number of halogens is 3. The molecule has 158 valence electrons. The standard InChI is InChI=1S/C22H16ClN5O.2ClH/c1-29-20-8-6-15(11-18(20)23)13-26-22-17-10-14(12-24)5-7-16(17)21(27-28-22)19-4-2-3-9-25-19;;/h2-11H,13H2,1H3,(H,26,28);2*1H. The summed E-state index contributed by atoms with van der Waals surface area (Å²) in [6.45, 7) is 0.493. The van der Waals surface area contributed by atoms with E-state index in [1.54, 1.807) is 25.4 Å². The normalized spacial score (nSPS) is 9.84. The van der Waals surface area contributed by atoms with Crippen LogP contribution in [0.25, 0.3) is 22.2 Å². The molecule has 0 unspecified atom stereocenters. The van der Waals surface area contributed by atoms with Crippen molar-refractivity contribution >= 4 is 53.0 Å². The van der Waals surface area contributed by atoms with Crippen molar-refractivity contribution in [1.29, 1.82) is 5.26 Å². The van der Waals surface area contributed by atoms with Crippen molar-refractivity contribution in [1.82, 2.24) is 15.2 Å². The molecule has 0 atom stereocenters. The zero-order valence-electron chi connectivity index (χ0n) is 16.4. The Morgan fingerprint density at radius 3 is 2.55 bits per heavy atom. The van der Waals surface area contributed by atoms with Gasteiger partial charge in [0.2, 0.25) is 0 Å². The highest BCUT2D eigenvalue weighted by Crippen LogP contribution is 2.30. The fourth-order valence-corrected chi connectivity index (χ4v) is 3.33. The highest BCUT2D eigenvalue weighted by molar-refractivity contribution is 6.32. The van der Waals surface area contributed by atoms with Gasteiger partial charge in [-0.2, -0.15) is 5.26 Å². The molecule has 4 aromatic rings. The second kappa shape index (κ2) is 10.8. The van der Waals surface area contributed by atoms with Crippen molar-refractivity contribution in [2.75, 3.05) is 12.4 Å². The van der Waals surface area contributed by atoms with Gasteiger partial charge in [-0.15, -0.1) is 35.0 Å². The van der Waals surface area contributed by atoms with Gasteiger partial charge in [0.05, 0.1) is 29.5 Å². The maximum atomic E-state index is 9.32. The molecule has 31 heavy (non-hydrogen) atoms. The molecule has 0 amide bonds. The van der Waals surface area contributed by atoms with Gasteiger partial charge >= 0.3 is 0 Å². The van der Waals surface area contributed by atoms with Gasteiger partial charge in [0, 0.05) is 23.5 Å². The first-order valence-electron chi connectivity index (χ1n) is 8.88. The number of hydrogen-bond donors (Lipinski definition) is 1. The minimum atomic E-state index is 0. The van der Waals surface area contributed by atoms with Crippen LogP contribution in [-0.4, -0.2) is 22.3 Å². The summed E-state index contributed by atoms with van der Waals surface area (Å²) in [4.78, 5) is 4.38. The number of nitriles is 1. The summed E-state index contributed by atoms with van der Waals surface area (Å²) < 4.78 is 5.19. The number of benzene rings is 2. The molecule has 0 aliphatic carbocycles. The molecule has 0 aliphatic rings. The minimum Gasteiger partial charge on any atom is -0.495 e. The fraction of sp³-hybridized carbons (Fsp3) is 0.0909. The first kappa shape index (κ1) is 24.2. The van der Waals surface area contributed by atoms with Gasteiger partial charge in [-0.25, -0.2) is 0 Å². The van der Waals surface area contributed by atoms with Crippen LogP contribution in [0.2, 0.25) is 5.02 Å². The Balaban J connectivity index is 0.00000171. The van der Waals surface area contributed by atoms with E-state index in [0.717, 1.165) is 22.0 Å². The molecule has 0 fully saturated rings. The van der Waals surface area contributed by atoms with Crippen molar-refractivity contribution in [3.63, 3.8) is 0 Å². The van der Waals surface area contributed by atoms with Gasteiger partial charge in [-0.3, -0.25) is 4.98 Å². The average Bonchev–Trinajstić information content (AvgIpc) is 2.77. The molecule has 9 heteroatoms. The van der Waals surface area contributed by atoms with E-state index in [4.69, 9.17) is 16.3 Å². The highest BCUT2D eigenvalue weighted by atomic mass is 35.5. The fourth-order valence-electron chi connectivity index (χ4n) is 3.05. The van der Waals surface area contributed by atoms with Crippen LogP contribution in [0.15, 0.2) is 60.8 Å². The van der Waals surface area contributed by atoms with E-state index in [-0.39, 0.29) is 24.8 Å². The highest BCUT2D eigenvalue weighted by Gasteiger charge is 2.13. The van der Waals surface area contributed by atoms with Crippen LogP contribution >= 0.6 is 36.4 Å². The number of methoxy groups -OCH3 is 1. The number of hydrogen-bond acceptors (Lipinski definition) is 6. The molecule has 2 aromatic carbocycles. The summed E-state index contributed by atoms with van der Waals surface area (Å²) >= 11 is 6.21. The van der Waals surface area contributed by atoms with Gasteiger partial charge in [0.1, 0.15) is 11.4 Å². The van der Waals surface area contributed by atoms with E-state index in [2.05, 4.69) is 26.6 Å². The Bertz CT molecular complexity index is 1230. The molecule has 1 N–H and O–H groups in total. The third-order valence-corrected chi connectivity index (χ3v) is 4.79. The molecule has 4 rings (SSSR count). The number of ether oxygens (including phenoxy) is 1. The summed E-state index contributed by atoms with van der Waals surface area (Å²) in [5, 5.41) is 23.6. The molecular formula is C22H18Cl3N5O. The smallest absolute Gasteiger partial charge is 0.156 e. The number of pyridine rings is 1. The molecule has 0 saturated carbocycles. The van der Waals surface area contributed by atoms with E-state index in [1.807, 2.05) is 42.5 Å². The first-order valence-corrected chi connectivity index (χ1v) is 9.25. The average molecular weight is 475 g/mol. The summed E-state index contributed by atoms with van der Waals surface area (Å²) in [5.41, 5.74) is 2.91. The molecule has 0 saturated heterocycles. The number of nitrogens with zero attached hydrogens (tertiary/aromatic N) is 4. The second-order valence-electron chi connectivity index (χ2n) is 6.31. The van der Waals surface area contributed by atoms with Gasteiger partial charge in [-0.05, 0) is 42.0 Å². The summed E-state index contributed by atoms with van der Waals surface area (Å²) in [7, 11) is 1.58. The quantitative estimate of drug-likeness (QED) is 0.400. The molecule has 2 aromatic heterocycles. The Kier molecular flexibility index (Phi) is 8.40. The van der Waals surface area contributed by atoms with Crippen LogP contribution in [0, 0.1) is 11.3 Å². The van der Waals surface area contributed by atoms with E-state index < -0.39 is 0 Å². The molecule has 2 heterocycles. The van der Waals surface area contributed by atoms with Gasteiger partial charge in [0.15, 0.2) is 5.82 Å². The van der Waals surface area contributed by atoms with E-state index >= 15 is 0 Å². The van der Waals surface area contributed by atoms with Crippen LogP contribution in [0.5, 0.6) is 5.75 Å². The maximum absolute atomic E-state index is 9.32. The SMILES string of the molecule is COc1ccc(CNc2nnc(-c3ccccn3)c3ccc(C#N)cc23)cc1Cl.Cl.Cl. The van der Waals surface area contributed by atoms with Crippen molar-refractivity contribution in [2.45, 2.75) is 6.54 Å². The predicted molar refractivity (Wildman–Crippen MR) is 127 cm³/mol. The number of rotatable bonds is 5. The van der Waals surface area contributed by atoms with Crippen molar-refractivity contribution in [2.24, 2.45) is 0 Å². The minimum absolute atomic E-state index is 0. The lowest BCUT2D eigenvalue weighted by atomic mass is 10.1. The Morgan fingerprint density at radius 1 is 1.03 bits per heavy atom. The largest absolute Gasteiger partial charge is 0.495 e. The van der Waals surface area contributed by atoms with Crippen LogP contribution in [0.3, 0.4) is 0 Å². The molecule has 0 radical (unpaired) electrons. The van der Waals surface area contributed by atoms with Crippen molar-refractivity contribution in [3.05, 3.63) is 76.9 Å². The Hall–Kier alpha value is -3.11. The molecular weight excluding hydrogens is 457 g/mol. The second-order valence-corrected chi connectivity index (χ2v) is 6.71. The number of nitrogens with one attached hydrogen (secondary N) is 1. The van der Waals surface area contributed by atoms with Gasteiger partial charge in [-0.1, -0.05) is 29.8 Å². The summed E-state index contributed by atoms with van der Waals surface area (Å²) in [6.07, 6.45) is 1.71. The zero-order valence-corrected chi connectivity index (χ0v) is 18.8. The Labute approximate surface area is 197 Å². The molecule has 0 spiro atoms. The lowest BCUT2D eigenvalue weighted by molar-refractivity contribution is 0.415. The number of aromatic nitrogens is 3. The summed E-state index contributed by atoms with van der Waals surface area (Å²) in [6, 6.07) is 18.8. The Morgan fingerprint density at radius 2 is 1.87 bits per heavy atom. The predicted octanol–water partition coefficient (Wildman–Crippen LogP) is 5.68. The lowest BCUT2D eigenvalue weighted by Gasteiger charge is -2.12. The number of anilines is 1. The zero-order chi connectivity index (χ0) is 20.2. The summed E-state index contributed by atoms with van der Waals surface area (Å²) in [5.74, 6) is 1.21. The first-order chi connectivity index (χ1) is 14.2. The lowest BCUT2D eigenvalue weighted by Crippen LogP contribution is -2.05. The third kappa shape index (κ3) is 5.15. The molecule has 0 bridgehead atoms. The van der Waals surface area contributed by atoms with Gasteiger partial charge in [0.25, 0.3) is 0 Å². The van der Waals surface area contributed by atoms with Crippen LogP contribution in [0.4, 0.5) is 5.82 Å². The number of fused-ring (bicyclic) bond motifs is 1. The molecule has 0 aliphatic heterocycles. The van der Waals surface area contributed by atoms with Crippen LogP contribution in [-0.2, 0) is 6.54 Å². The van der Waals surface area contributed by atoms with Crippen molar-refractivity contribution < 1.29 is 4.74 Å². The topological polar surface area (TPSA) is 83.7 Å². The van der Waals surface area contributed by atoms with Crippen LogP contribution in [0.1, 0.15) is 11.1 Å². The van der Waals surface area contributed by atoms with E-state index in [9.17, 15) is 5.26 Å². The van der Waals surface area contributed by atoms with E-state index in [0.29, 0.717) is 34.4 Å². The van der Waals surface area contributed by atoms with Gasteiger partial charge < -0.3 is 10.1 Å². The van der Waals surface area contributed by atoms with Crippen LogP contribution < -0.4 is 10.1 Å². The molecule has 6 nitrogen and oxygen atoms in total. The third-order valence-electron chi connectivity index (χ3n) is 4.49. The van der Waals surface area contributed by atoms with E-state index in [1.165, 1.54) is 0 Å². The maximum Gasteiger partial charge on any atom is 0.156 e.